The van der Waals surface area contributed by atoms with Crippen LogP contribution in [0.3, 0.4) is 0 Å². The first-order valence-electron chi connectivity index (χ1n) is 6.88. The molecule has 0 aliphatic heterocycles. The third kappa shape index (κ3) is 1.74. The van der Waals surface area contributed by atoms with Gasteiger partial charge in [-0.05, 0) is 60.7 Å². The summed E-state index contributed by atoms with van der Waals surface area (Å²) in [7, 11) is 0. The molecule has 0 amide bonds. The summed E-state index contributed by atoms with van der Waals surface area (Å²) in [5.74, 6) is 6.91. The average Bonchev–Trinajstić information content (AvgIpc) is 2.10. The Morgan fingerprint density at radius 1 is 1.12 bits per heavy atom. The van der Waals surface area contributed by atoms with Crippen LogP contribution in [0.5, 0.6) is 0 Å². The minimum Gasteiger partial charge on any atom is -0.386 e. The second-order valence-corrected chi connectivity index (χ2v) is 7.93. The lowest BCUT2D eigenvalue weighted by atomic mass is 9.40. The first-order chi connectivity index (χ1) is 7.86. The predicted octanol–water partition coefficient (Wildman–Crippen LogP) is 2.60. The Kier molecular flexibility index (Phi) is 2.13. The average molecular weight is 235 g/mol. The lowest BCUT2D eigenvalue weighted by Crippen LogP contribution is -2.55. The van der Waals surface area contributed by atoms with E-state index >= 15 is 0 Å². The normalized spacial score (nSPS) is 53.1. The monoisotopic (exact) mass is 235 g/mol. The fraction of sp³-hybridized carbons (Fsp3) is 0.929. The zero-order chi connectivity index (χ0) is 12.3. The fourth-order valence-corrected chi connectivity index (χ4v) is 6.31. The third-order valence-electron chi connectivity index (χ3n) is 5.46. The Bertz CT molecular complexity index is 356. The Labute approximate surface area is 104 Å². The predicted molar refractivity (Wildman–Crippen MR) is 70.3 cm³/mol. The van der Waals surface area contributed by atoms with Crippen LogP contribution in [-0.4, -0.2) is 5.84 Å². The quantitative estimate of drug-likeness (QED) is 0.334. The van der Waals surface area contributed by atoms with Gasteiger partial charge in [0.25, 0.3) is 0 Å². The molecule has 17 heavy (non-hydrogen) atoms. The molecule has 0 saturated heterocycles. The van der Waals surface area contributed by atoms with Crippen LogP contribution >= 0.6 is 0 Å². The zero-order valence-corrected chi connectivity index (χ0v) is 11.1. The van der Waals surface area contributed by atoms with Gasteiger partial charge in [0.2, 0.25) is 0 Å². The minimum atomic E-state index is 0.413. The number of nitrogens with two attached hydrogens (primary N) is 2. The molecular weight excluding hydrogens is 210 g/mol. The molecule has 3 nitrogen and oxygen atoms in total. The van der Waals surface area contributed by atoms with Gasteiger partial charge in [-0.2, -0.15) is 5.10 Å². The standard InChI is InChI=1S/C14H25N3/c1-12-3-10-4-13(2,7-12)9-14(5-10,8-12)6-11(15)17-16/h10H,3-9,16H2,1-2H3,(H2,15,17). The molecule has 4 N–H and O–H groups in total. The molecule has 4 saturated carbocycles. The second-order valence-electron chi connectivity index (χ2n) is 7.93. The Morgan fingerprint density at radius 3 is 2.18 bits per heavy atom. The molecule has 4 bridgehead atoms. The van der Waals surface area contributed by atoms with Gasteiger partial charge in [0.15, 0.2) is 0 Å². The van der Waals surface area contributed by atoms with Crippen LogP contribution in [0.25, 0.3) is 0 Å². The van der Waals surface area contributed by atoms with Gasteiger partial charge in [-0.25, -0.2) is 0 Å². The summed E-state index contributed by atoms with van der Waals surface area (Å²) < 4.78 is 0. The highest BCUT2D eigenvalue weighted by atomic mass is 15.2. The molecule has 4 aliphatic carbocycles. The van der Waals surface area contributed by atoms with Crippen molar-refractivity contribution in [3.05, 3.63) is 0 Å². The largest absolute Gasteiger partial charge is 0.386 e. The minimum absolute atomic E-state index is 0.413. The van der Waals surface area contributed by atoms with E-state index in [1.165, 1.54) is 38.5 Å². The van der Waals surface area contributed by atoms with Crippen molar-refractivity contribution in [3.8, 4) is 0 Å². The highest BCUT2D eigenvalue weighted by molar-refractivity contribution is 5.80. The van der Waals surface area contributed by atoms with Crippen molar-refractivity contribution in [2.24, 2.45) is 38.8 Å². The van der Waals surface area contributed by atoms with E-state index in [2.05, 4.69) is 18.9 Å². The second kappa shape index (κ2) is 3.18. The summed E-state index contributed by atoms with van der Waals surface area (Å²) in [6.07, 6.45) is 9.23. The lowest BCUT2D eigenvalue weighted by molar-refractivity contribution is -0.141. The first kappa shape index (κ1) is 11.4. The molecular formula is C14H25N3. The molecule has 0 aromatic carbocycles. The number of rotatable bonds is 2. The molecule has 4 aliphatic rings. The smallest absolute Gasteiger partial charge is 0.119 e. The molecule has 2 unspecified atom stereocenters. The first-order valence-corrected chi connectivity index (χ1v) is 6.88. The third-order valence-corrected chi connectivity index (χ3v) is 5.46. The van der Waals surface area contributed by atoms with Crippen molar-refractivity contribution in [3.63, 3.8) is 0 Å². The molecule has 2 atom stereocenters. The van der Waals surface area contributed by atoms with Crippen LogP contribution in [-0.2, 0) is 0 Å². The van der Waals surface area contributed by atoms with Crippen LogP contribution < -0.4 is 11.6 Å². The van der Waals surface area contributed by atoms with E-state index in [9.17, 15) is 0 Å². The van der Waals surface area contributed by atoms with Crippen molar-refractivity contribution in [2.75, 3.05) is 0 Å². The molecule has 0 radical (unpaired) electrons. The van der Waals surface area contributed by atoms with Crippen LogP contribution in [0.1, 0.15) is 58.8 Å². The number of amidine groups is 1. The van der Waals surface area contributed by atoms with Crippen molar-refractivity contribution >= 4 is 5.84 Å². The van der Waals surface area contributed by atoms with Crippen molar-refractivity contribution in [1.82, 2.24) is 0 Å². The highest BCUT2D eigenvalue weighted by Crippen LogP contribution is 2.70. The Morgan fingerprint density at radius 2 is 1.71 bits per heavy atom. The maximum atomic E-state index is 5.91. The Balaban J connectivity index is 1.92. The highest BCUT2D eigenvalue weighted by Gasteiger charge is 2.59. The number of hydrazone groups is 1. The van der Waals surface area contributed by atoms with Gasteiger partial charge in [-0.3, -0.25) is 0 Å². The van der Waals surface area contributed by atoms with Crippen LogP contribution in [0.2, 0.25) is 0 Å². The molecule has 96 valence electrons. The summed E-state index contributed by atoms with van der Waals surface area (Å²) in [4.78, 5) is 0. The summed E-state index contributed by atoms with van der Waals surface area (Å²) in [5, 5.41) is 3.70. The molecule has 4 fully saturated rings. The van der Waals surface area contributed by atoms with E-state index in [0.29, 0.717) is 22.1 Å². The zero-order valence-electron chi connectivity index (χ0n) is 11.1. The lowest BCUT2D eigenvalue weighted by Gasteiger charge is -2.65. The summed E-state index contributed by atoms with van der Waals surface area (Å²) in [6, 6.07) is 0. The van der Waals surface area contributed by atoms with Gasteiger partial charge in [-0.1, -0.05) is 13.8 Å². The van der Waals surface area contributed by atoms with E-state index in [0.717, 1.165) is 12.3 Å². The summed E-state index contributed by atoms with van der Waals surface area (Å²) in [6.45, 7) is 4.97. The van der Waals surface area contributed by atoms with Crippen molar-refractivity contribution < 1.29 is 0 Å². The van der Waals surface area contributed by atoms with Gasteiger partial charge < -0.3 is 11.6 Å². The fourth-order valence-electron chi connectivity index (χ4n) is 6.31. The maximum Gasteiger partial charge on any atom is 0.119 e. The molecule has 3 heteroatoms. The van der Waals surface area contributed by atoms with E-state index in [1.807, 2.05) is 0 Å². The molecule has 0 aromatic rings. The number of hydrogen-bond acceptors (Lipinski definition) is 2. The SMILES string of the molecule is CC12CC3CC(C)(C1)CC(CC(N)=NN)(C3)C2. The topological polar surface area (TPSA) is 64.4 Å². The van der Waals surface area contributed by atoms with E-state index in [-0.39, 0.29) is 0 Å². The van der Waals surface area contributed by atoms with Gasteiger partial charge in [-0.15, -0.1) is 0 Å². The van der Waals surface area contributed by atoms with Crippen molar-refractivity contribution in [1.29, 1.82) is 0 Å². The van der Waals surface area contributed by atoms with Gasteiger partial charge in [0, 0.05) is 6.42 Å². The Hall–Kier alpha value is -0.730. The van der Waals surface area contributed by atoms with E-state index < -0.39 is 0 Å². The van der Waals surface area contributed by atoms with Crippen molar-refractivity contribution in [2.45, 2.75) is 58.8 Å². The summed E-state index contributed by atoms with van der Waals surface area (Å²) >= 11 is 0. The van der Waals surface area contributed by atoms with Crippen LogP contribution in [0, 0.1) is 22.2 Å². The van der Waals surface area contributed by atoms with Gasteiger partial charge in [0.1, 0.15) is 5.84 Å². The molecule has 0 heterocycles. The summed E-state index contributed by atoms with van der Waals surface area (Å²) in [5.41, 5.74) is 7.44. The van der Waals surface area contributed by atoms with Crippen LogP contribution in [0.15, 0.2) is 5.10 Å². The molecule has 0 spiro atoms. The molecule has 4 rings (SSSR count). The maximum absolute atomic E-state index is 5.91. The number of nitrogens with zero attached hydrogens (tertiary/aromatic N) is 1. The van der Waals surface area contributed by atoms with Gasteiger partial charge >= 0.3 is 0 Å². The van der Waals surface area contributed by atoms with Crippen LogP contribution in [0.4, 0.5) is 0 Å². The molecule has 0 aromatic heterocycles. The van der Waals surface area contributed by atoms with Gasteiger partial charge in [0.05, 0.1) is 0 Å². The van der Waals surface area contributed by atoms with E-state index in [4.69, 9.17) is 11.6 Å². The van der Waals surface area contributed by atoms with E-state index in [1.54, 1.807) is 0 Å². The number of hydrogen-bond donors (Lipinski definition) is 2.